The van der Waals surface area contributed by atoms with E-state index in [-0.39, 0.29) is 0 Å². The first kappa shape index (κ1) is 11.2. The molecular weight excluding hydrogens is 220 g/mol. The number of nitrogens with zero attached hydrogens (tertiary/aromatic N) is 2. The van der Waals surface area contributed by atoms with Gasteiger partial charge in [-0.15, -0.1) is 11.3 Å². The molecule has 2 aromatic heterocycles. The zero-order valence-electron chi connectivity index (χ0n) is 9.53. The molecule has 0 spiro atoms. The molecule has 86 valence electrons. The van der Waals surface area contributed by atoms with E-state index >= 15 is 0 Å². The van der Waals surface area contributed by atoms with E-state index in [1.807, 2.05) is 36.3 Å². The van der Waals surface area contributed by atoms with E-state index < -0.39 is 0 Å². The topological polar surface area (TPSA) is 55.9 Å². The van der Waals surface area contributed by atoms with Gasteiger partial charge in [0.1, 0.15) is 0 Å². The Morgan fingerprint density at radius 3 is 2.88 bits per heavy atom. The van der Waals surface area contributed by atoms with Crippen molar-refractivity contribution >= 4 is 17.0 Å². The van der Waals surface area contributed by atoms with Crippen molar-refractivity contribution in [1.82, 2.24) is 15.1 Å². The second-order valence-corrected chi connectivity index (χ2v) is 4.82. The van der Waals surface area contributed by atoms with Crippen molar-refractivity contribution in [1.29, 1.82) is 0 Å². The van der Waals surface area contributed by atoms with Crippen LogP contribution in [0.2, 0.25) is 0 Å². The van der Waals surface area contributed by atoms with Crippen LogP contribution in [-0.2, 0) is 20.1 Å². The van der Waals surface area contributed by atoms with Crippen LogP contribution in [0.25, 0.3) is 0 Å². The highest BCUT2D eigenvalue weighted by atomic mass is 32.1. The molecule has 2 aromatic rings. The van der Waals surface area contributed by atoms with Crippen LogP contribution in [0.5, 0.6) is 0 Å². The van der Waals surface area contributed by atoms with Crippen LogP contribution < -0.4 is 11.1 Å². The Morgan fingerprint density at radius 2 is 2.31 bits per heavy atom. The molecule has 16 heavy (non-hydrogen) atoms. The fourth-order valence-corrected chi connectivity index (χ4v) is 2.40. The van der Waals surface area contributed by atoms with E-state index in [0.29, 0.717) is 0 Å². The molecule has 4 nitrogen and oxygen atoms in total. The fourth-order valence-electron chi connectivity index (χ4n) is 1.63. The van der Waals surface area contributed by atoms with Crippen molar-refractivity contribution in [2.75, 3.05) is 5.73 Å². The van der Waals surface area contributed by atoms with E-state index in [1.165, 1.54) is 10.4 Å². The number of anilines is 1. The lowest BCUT2D eigenvalue weighted by molar-refractivity contribution is 0.698. The molecule has 0 aliphatic carbocycles. The predicted octanol–water partition coefficient (Wildman–Crippen LogP) is 1.66. The Kier molecular flexibility index (Phi) is 3.26. The summed E-state index contributed by atoms with van der Waals surface area (Å²) in [5, 5.41) is 9.69. The Bertz CT molecular complexity index is 472. The summed E-state index contributed by atoms with van der Waals surface area (Å²) in [7, 11) is 1.94. The summed E-state index contributed by atoms with van der Waals surface area (Å²) in [6.45, 7) is 3.67. The van der Waals surface area contributed by atoms with Crippen LogP contribution >= 0.6 is 11.3 Å². The zero-order valence-corrected chi connectivity index (χ0v) is 10.3. The van der Waals surface area contributed by atoms with Gasteiger partial charge in [-0.05, 0) is 18.4 Å². The van der Waals surface area contributed by atoms with E-state index in [0.717, 1.165) is 24.5 Å². The second-order valence-electron chi connectivity index (χ2n) is 3.82. The van der Waals surface area contributed by atoms with Crippen molar-refractivity contribution in [3.63, 3.8) is 0 Å². The van der Waals surface area contributed by atoms with Gasteiger partial charge < -0.3 is 11.1 Å². The molecule has 3 N–H and O–H groups in total. The average molecular weight is 236 g/mol. The molecule has 0 radical (unpaired) electrons. The van der Waals surface area contributed by atoms with Gasteiger partial charge in [0.15, 0.2) is 0 Å². The zero-order chi connectivity index (χ0) is 11.5. The normalized spacial score (nSPS) is 10.9. The third kappa shape index (κ3) is 2.43. The van der Waals surface area contributed by atoms with Crippen molar-refractivity contribution < 1.29 is 0 Å². The molecule has 0 saturated carbocycles. The molecule has 5 heteroatoms. The molecule has 0 bridgehead atoms. The first-order valence-corrected chi connectivity index (χ1v) is 6.06. The number of aromatic nitrogens is 2. The first-order valence-electron chi connectivity index (χ1n) is 5.18. The van der Waals surface area contributed by atoms with Crippen LogP contribution in [0.15, 0.2) is 17.6 Å². The molecule has 0 atom stereocenters. The minimum atomic E-state index is 0.817. The van der Waals surface area contributed by atoms with E-state index in [1.54, 1.807) is 11.3 Å². The van der Waals surface area contributed by atoms with Crippen LogP contribution in [0, 0.1) is 6.92 Å². The SMILES string of the molecule is Cc1nn(C)cc1CNCc1sccc1N. The summed E-state index contributed by atoms with van der Waals surface area (Å²) in [5.74, 6) is 0. The van der Waals surface area contributed by atoms with Crippen LogP contribution in [-0.4, -0.2) is 9.78 Å². The molecule has 2 rings (SSSR count). The van der Waals surface area contributed by atoms with Crippen molar-refractivity contribution in [3.05, 3.63) is 33.8 Å². The summed E-state index contributed by atoms with van der Waals surface area (Å²) in [5.41, 5.74) is 9.00. The molecule has 0 saturated heterocycles. The van der Waals surface area contributed by atoms with Gasteiger partial charge in [0, 0.05) is 42.5 Å². The van der Waals surface area contributed by atoms with Gasteiger partial charge >= 0.3 is 0 Å². The highest BCUT2D eigenvalue weighted by Crippen LogP contribution is 2.18. The summed E-state index contributed by atoms with van der Waals surface area (Å²) < 4.78 is 1.84. The third-order valence-electron chi connectivity index (χ3n) is 2.50. The molecule has 0 aromatic carbocycles. The number of thiophene rings is 1. The summed E-state index contributed by atoms with van der Waals surface area (Å²) in [6.07, 6.45) is 2.04. The number of nitrogen functional groups attached to an aromatic ring is 1. The van der Waals surface area contributed by atoms with Gasteiger partial charge in [0.2, 0.25) is 0 Å². The quantitative estimate of drug-likeness (QED) is 0.849. The van der Waals surface area contributed by atoms with Crippen molar-refractivity contribution in [2.45, 2.75) is 20.0 Å². The minimum absolute atomic E-state index is 0.817. The van der Waals surface area contributed by atoms with Gasteiger partial charge in [0.05, 0.1) is 5.69 Å². The number of nitrogens with one attached hydrogen (secondary N) is 1. The average Bonchev–Trinajstić information content (AvgIpc) is 2.75. The lowest BCUT2D eigenvalue weighted by atomic mass is 10.2. The third-order valence-corrected chi connectivity index (χ3v) is 3.43. The predicted molar refractivity (Wildman–Crippen MR) is 67.2 cm³/mol. The minimum Gasteiger partial charge on any atom is -0.398 e. The van der Waals surface area contributed by atoms with Crippen molar-refractivity contribution in [3.8, 4) is 0 Å². The fraction of sp³-hybridized carbons (Fsp3) is 0.364. The van der Waals surface area contributed by atoms with Crippen LogP contribution in [0.1, 0.15) is 16.1 Å². The molecule has 0 amide bonds. The molecular formula is C11H16N4S. The highest BCUT2D eigenvalue weighted by Gasteiger charge is 2.03. The molecule has 2 heterocycles. The second kappa shape index (κ2) is 4.67. The molecule has 0 fully saturated rings. The molecule has 0 aliphatic heterocycles. The van der Waals surface area contributed by atoms with Crippen molar-refractivity contribution in [2.24, 2.45) is 7.05 Å². The standard InChI is InChI=1S/C11H16N4S/c1-8-9(7-15(2)14-8)5-13-6-11-10(12)3-4-16-11/h3-4,7,13H,5-6,12H2,1-2H3. The maximum atomic E-state index is 5.81. The summed E-state index contributed by atoms with van der Waals surface area (Å²) in [6, 6.07) is 1.94. The lowest BCUT2D eigenvalue weighted by Gasteiger charge is -2.02. The monoisotopic (exact) mass is 236 g/mol. The Labute approximate surface area is 99.1 Å². The van der Waals surface area contributed by atoms with E-state index in [4.69, 9.17) is 5.73 Å². The molecule has 0 unspecified atom stereocenters. The van der Waals surface area contributed by atoms with Crippen LogP contribution in [0.4, 0.5) is 5.69 Å². The van der Waals surface area contributed by atoms with Gasteiger partial charge in [-0.25, -0.2) is 0 Å². The number of aryl methyl sites for hydroxylation is 2. The largest absolute Gasteiger partial charge is 0.398 e. The van der Waals surface area contributed by atoms with Gasteiger partial charge in [-0.2, -0.15) is 5.10 Å². The number of hydrogen-bond donors (Lipinski definition) is 2. The van der Waals surface area contributed by atoms with Gasteiger partial charge in [-0.1, -0.05) is 0 Å². The highest BCUT2D eigenvalue weighted by molar-refractivity contribution is 7.10. The summed E-state index contributed by atoms with van der Waals surface area (Å²) >= 11 is 1.69. The number of hydrogen-bond acceptors (Lipinski definition) is 4. The Hall–Kier alpha value is -1.33. The summed E-state index contributed by atoms with van der Waals surface area (Å²) in [4.78, 5) is 1.20. The van der Waals surface area contributed by atoms with E-state index in [2.05, 4.69) is 10.4 Å². The van der Waals surface area contributed by atoms with Gasteiger partial charge in [0.25, 0.3) is 0 Å². The van der Waals surface area contributed by atoms with Gasteiger partial charge in [-0.3, -0.25) is 4.68 Å². The number of nitrogens with two attached hydrogens (primary N) is 1. The maximum absolute atomic E-state index is 5.81. The van der Waals surface area contributed by atoms with E-state index in [9.17, 15) is 0 Å². The Morgan fingerprint density at radius 1 is 1.50 bits per heavy atom. The maximum Gasteiger partial charge on any atom is 0.0638 e. The molecule has 0 aliphatic rings. The lowest BCUT2D eigenvalue weighted by Crippen LogP contribution is -2.12. The number of rotatable bonds is 4. The first-order chi connectivity index (χ1) is 7.66. The Balaban J connectivity index is 1.89. The smallest absolute Gasteiger partial charge is 0.0638 e. The van der Waals surface area contributed by atoms with Crippen LogP contribution in [0.3, 0.4) is 0 Å².